The Morgan fingerprint density at radius 2 is 2.03 bits per heavy atom. The summed E-state index contributed by atoms with van der Waals surface area (Å²) in [5.74, 6) is 1.31. The number of aromatic nitrogens is 4. The quantitative estimate of drug-likeness (QED) is 0.593. The highest BCUT2D eigenvalue weighted by molar-refractivity contribution is 5.82. The van der Waals surface area contributed by atoms with E-state index in [2.05, 4.69) is 21.6 Å². The SMILES string of the molecule is O=CN1CC[C@]23CC(=O)CC[C@H]2[C@H]1Cc1cc(Oc2nnnn2-c2ccccc2)ccc13. The maximum atomic E-state index is 12.5. The largest absolute Gasteiger partial charge is 0.423 e. The van der Waals surface area contributed by atoms with E-state index < -0.39 is 0 Å². The zero-order valence-electron chi connectivity index (χ0n) is 17.6. The lowest BCUT2D eigenvalue weighted by Crippen LogP contribution is -2.61. The molecule has 1 saturated carbocycles. The number of hydrogen-bond donors (Lipinski definition) is 0. The van der Waals surface area contributed by atoms with Crippen molar-refractivity contribution in [2.24, 2.45) is 5.92 Å². The number of amides is 1. The molecule has 8 heteroatoms. The zero-order valence-corrected chi connectivity index (χ0v) is 17.6. The van der Waals surface area contributed by atoms with Gasteiger partial charge in [-0.05, 0) is 71.0 Å². The van der Waals surface area contributed by atoms with E-state index >= 15 is 0 Å². The fourth-order valence-corrected chi connectivity index (χ4v) is 6.14. The summed E-state index contributed by atoms with van der Waals surface area (Å²) in [5, 5.41) is 11.8. The molecule has 8 nitrogen and oxygen atoms in total. The van der Waals surface area contributed by atoms with Crippen molar-refractivity contribution in [2.45, 2.75) is 43.6 Å². The minimum absolute atomic E-state index is 0.131. The first-order valence-corrected chi connectivity index (χ1v) is 11.1. The van der Waals surface area contributed by atoms with Crippen LogP contribution >= 0.6 is 0 Å². The number of ether oxygens (including phenoxy) is 1. The summed E-state index contributed by atoms with van der Waals surface area (Å²) in [4.78, 5) is 26.2. The van der Waals surface area contributed by atoms with Crippen molar-refractivity contribution in [3.8, 4) is 17.4 Å². The molecule has 2 fully saturated rings. The summed E-state index contributed by atoms with van der Waals surface area (Å²) in [5.41, 5.74) is 3.03. The molecule has 2 aromatic carbocycles. The van der Waals surface area contributed by atoms with Crippen molar-refractivity contribution < 1.29 is 14.3 Å². The molecule has 6 rings (SSSR count). The monoisotopic (exact) mass is 429 g/mol. The molecule has 162 valence electrons. The number of benzene rings is 2. The van der Waals surface area contributed by atoms with Crippen LogP contribution in [0.3, 0.4) is 0 Å². The van der Waals surface area contributed by atoms with E-state index in [1.807, 2.05) is 47.4 Å². The summed E-state index contributed by atoms with van der Waals surface area (Å²) in [6.45, 7) is 0.710. The standard InChI is InChI=1S/C24H23N5O3/c30-15-28-11-10-24-14-18(31)6-8-21(24)22(28)13-16-12-19(7-9-20(16)24)32-23-25-26-27-29(23)17-4-2-1-3-5-17/h1-5,7,9,12,15,21-22H,6,8,10-11,13-14H2/t21-,22+,24+/m0/s1. The van der Waals surface area contributed by atoms with Gasteiger partial charge >= 0.3 is 6.01 Å². The van der Waals surface area contributed by atoms with Gasteiger partial charge in [0.25, 0.3) is 0 Å². The highest BCUT2D eigenvalue weighted by atomic mass is 16.5. The highest BCUT2D eigenvalue weighted by Crippen LogP contribution is 2.55. The molecule has 0 radical (unpaired) electrons. The molecule has 3 atom stereocenters. The molecular formula is C24H23N5O3. The van der Waals surface area contributed by atoms with E-state index in [1.54, 1.807) is 4.68 Å². The van der Waals surface area contributed by atoms with E-state index in [0.717, 1.165) is 36.9 Å². The summed E-state index contributed by atoms with van der Waals surface area (Å²) in [6, 6.07) is 16.1. The molecule has 3 aliphatic rings. The predicted octanol–water partition coefficient (Wildman–Crippen LogP) is 2.85. The number of rotatable bonds is 4. The smallest absolute Gasteiger partial charge is 0.345 e. The Morgan fingerprint density at radius 1 is 1.16 bits per heavy atom. The summed E-state index contributed by atoms with van der Waals surface area (Å²) < 4.78 is 7.63. The van der Waals surface area contributed by atoms with Crippen LogP contribution in [0, 0.1) is 5.92 Å². The first kappa shape index (κ1) is 19.2. The first-order chi connectivity index (χ1) is 15.7. The fraction of sp³-hybridized carbons (Fsp3) is 0.375. The van der Waals surface area contributed by atoms with E-state index in [1.165, 1.54) is 5.56 Å². The van der Waals surface area contributed by atoms with Gasteiger partial charge in [0.2, 0.25) is 6.41 Å². The lowest BCUT2D eigenvalue weighted by Gasteiger charge is -2.57. The number of fused-ring (bicyclic) bond motifs is 1. The van der Waals surface area contributed by atoms with Crippen molar-refractivity contribution >= 4 is 12.2 Å². The number of hydrogen-bond acceptors (Lipinski definition) is 6. The van der Waals surface area contributed by atoms with Crippen molar-refractivity contribution in [3.63, 3.8) is 0 Å². The maximum absolute atomic E-state index is 12.5. The van der Waals surface area contributed by atoms with Gasteiger partial charge < -0.3 is 9.64 Å². The Bertz CT molecular complexity index is 1190. The van der Waals surface area contributed by atoms with Gasteiger partial charge in [-0.15, -0.1) is 0 Å². The van der Waals surface area contributed by atoms with Crippen LogP contribution in [-0.2, 0) is 21.4 Å². The van der Waals surface area contributed by atoms with Gasteiger partial charge in [0.05, 0.1) is 5.69 Å². The van der Waals surface area contributed by atoms with E-state index in [-0.39, 0.29) is 17.5 Å². The van der Waals surface area contributed by atoms with Crippen LogP contribution in [-0.4, -0.2) is 49.9 Å². The molecular weight excluding hydrogens is 406 g/mol. The van der Waals surface area contributed by atoms with Gasteiger partial charge in [-0.2, -0.15) is 4.68 Å². The molecule has 32 heavy (non-hydrogen) atoms. The second-order valence-corrected chi connectivity index (χ2v) is 9.01. The van der Waals surface area contributed by atoms with Crippen LogP contribution in [0.4, 0.5) is 0 Å². The molecule has 1 aromatic heterocycles. The number of piperidine rings is 1. The van der Waals surface area contributed by atoms with Gasteiger partial charge in [0, 0.05) is 30.8 Å². The molecule has 1 saturated heterocycles. The first-order valence-electron chi connectivity index (χ1n) is 11.1. The van der Waals surface area contributed by atoms with Crippen LogP contribution in [0.25, 0.3) is 5.69 Å². The average molecular weight is 429 g/mol. The average Bonchev–Trinajstić information content (AvgIpc) is 3.27. The van der Waals surface area contributed by atoms with Crippen LogP contribution in [0.15, 0.2) is 48.5 Å². The summed E-state index contributed by atoms with van der Waals surface area (Å²) in [7, 11) is 0. The van der Waals surface area contributed by atoms with Crippen LogP contribution in [0.5, 0.6) is 11.8 Å². The molecule has 0 unspecified atom stereocenters. The number of carbonyl (C=O) groups excluding carboxylic acids is 2. The third-order valence-electron chi connectivity index (χ3n) is 7.49. The third kappa shape index (κ3) is 2.86. The van der Waals surface area contributed by atoms with Crippen LogP contribution < -0.4 is 4.74 Å². The normalized spacial score (nSPS) is 26.2. The highest BCUT2D eigenvalue weighted by Gasteiger charge is 2.55. The zero-order chi connectivity index (χ0) is 21.7. The molecule has 1 amide bonds. The lowest BCUT2D eigenvalue weighted by molar-refractivity contribution is -0.132. The van der Waals surface area contributed by atoms with Gasteiger partial charge in [0.15, 0.2) is 0 Å². The number of nitrogens with zero attached hydrogens (tertiary/aromatic N) is 5. The predicted molar refractivity (Wildman–Crippen MR) is 115 cm³/mol. The van der Waals surface area contributed by atoms with Gasteiger partial charge in [-0.1, -0.05) is 29.4 Å². The van der Waals surface area contributed by atoms with Crippen molar-refractivity contribution in [2.75, 3.05) is 6.54 Å². The fourth-order valence-electron chi connectivity index (χ4n) is 6.14. The number of para-hydroxylation sites is 1. The third-order valence-corrected chi connectivity index (χ3v) is 7.49. The Morgan fingerprint density at radius 3 is 2.88 bits per heavy atom. The molecule has 0 N–H and O–H groups in total. The second-order valence-electron chi connectivity index (χ2n) is 9.01. The number of likely N-dealkylation sites (tertiary alicyclic amines) is 1. The number of tetrazole rings is 1. The molecule has 3 aromatic rings. The minimum Gasteiger partial charge on any atom is -0.423 e. The van der Waals surface area contributed by atoms with E-state index in [4.69, 9.17) is 4.74 Å². The minimum atomic E-state index is -0.169. The molecule has 0 spiro atoms. The number of Topliss-reactive ketones (excluding diaryl/α,β-unsaturated/α-hetero) is 1. The van der Waals surface area contributed by atoms with Gasteiger partial charge in [-0.3, -0.25) is 9.59 Å². The maximum Gasteiger partial charge on any atom is 0.345 e. The molecule has 2 heterocycles. The van der Waals surface area contributed by atoms with Gasteiger partial charge in [0.1, 0.15) is 11.5 Å². The second kappa shape index (κ2) is 7.25. The van der Waals surface area contributed by atoms with Crippen LogP contribution in [0.2, 0.25) is 0 Å². The molecule has 2 bridgehead atoms. The number of carbonyl (C=O) groups is 2. The Kier molecular flexibility index (Phi) is 4.34. The van der Waals surface area contributed by atoms with Crippen molar-refractivity contribution in [1.82, 2.24) is 25.1 Å². The summed E-state index contributed by atoms with van der Waals surface area (Å²) >= 11 is 0. The Labute approximate surface area is 185 Å². The Hall–Kier alpha value is -3.55. The van der Waals surface area contributed by atoms with Crippen LogP contribution in [0.1, 0.15) is 36.8 Å². The van der Waals surface area contributed by atoms with Crippen molar-refractivity contribution in [3.05, 3.63) is 59.7 Å². The molecule has 2 aliphatic carbocycles. The summed E-state index contributed by atoms with van der Waals surface area (Å²) in [6.07, 6.45) is 4.63. The van der Waals surface area contributed by atoms with Crippen molar-refractivity contribution in [1.29, 1.82) is 0 Å². The number of ketones is 1. The van der Waals surface area contributed by atoms with Gasteiger partial charge in [-0.25, -0.2) is 0 Å². The topological polar surface area (TPSA) is 90.2 Å². The van der Waals surface area contributed by atoms with E-state index in [0.29, 0.717) is 36.8 Å². The molecule has 1 aliphatic heterocycles. The van der Waals surface area contributed by atoms with E-state index in [9.17, 15) is 9.59 Å². The Balaban J connectivity index is 1.37. The lowest BCUT2D eigenvalue weighted by atomic mass is 9.52.